The first-order valence-corrected chi connectivity index (χ1v) is 10.1. The molecule has 166 valence electrons. The summed E-state index contributed by atoms with van der Waals surface area (Å²) in [6.07, 6.45) is 5.61. The summed E-state index contributed by atoms with van der Waals surface area (Å²) < 4.78 is 5.48. The molecule has 1 amide bonds. The van der Waals surface area contributed by atoms with E-state index in [-0.39, 0.29) is 42.7 Å². The van der Waals surface area contributed by atoms with Crippen molar-refractivity contribution in [1.29, 1.82) is 0 Å². The Hall–Kier alpha value is -1.12. The molecule has 0 aliphatic carbocycles. The lowest BCUT2D eigenvalue weighted by molar-refractivity contribution is -0.125. The molecular weight excluding hydrogens is 413 g/mol. The predicted octanol–water partition coefficient (Wildman–Crippen LogP) is 1.98. The van der Waals surface area contributed by atoms with E-state index >= 15 is 0 Å². The van der Waals surface area contributed by atoms with Gasteiger partial charge < -0.3 is 21.1 Å². The van der Waals surface area contributed by atoms with Crippen LogP contribution in [-0.2, 0) is 9.53 Å². The molecule has 0 saturated carbocycles. The number of halogens is 2. The molecule has 2 fully saturated rings. The molecule has 4 N–H and O–H groups in total. The van der Waals surface area contributed by atoms with Crippen molar-refractivity contribution < 1.29 is 9.53 Å². The molecule has 3 rings (SSSR count). The van der Waals surface area contributed by atoms with Gasteiger partial charge in [-0.3, -0.25) is 9.69 Å². The summed E-state index contributed by atoms with van der Waals surface area (Å²) in [5.74, 6) is 1.02. The van der Waals surface area contributed by atoms with E-state index in [2.05, 4.69) is 20.5 Å². The minimum Gasteiger partial charge on any atom is -0.381 e. The van der Waals surface area contributed by atoms with Crippen LogP contribution in [0, 0.1) is 12.8 Å². The lowest BCUT2D eigenvalue weighted by Crippen LogP contribution is -2.47. The van der Waals surface area contributed by atoms with E-state index in [0.717, 1.165) is 63.4 Å². The highest BCUT2D eigenvalue weighted by atomic mass is 35.5. The Morgan fingerprint density at radius 2 is 1.97 bits per heavy atom. The van der Waals surface area contributed by atoms with Crippen molar-refractivity contribution in [2.75, 3.05) is 44.7 Å². The third-order valence-electron chi connectivity index (χ3n) is 5.61. The van der Waals surface area contributed by atoms with Gasteiger partial charge in [0.1, 0.15) is 5.82 Å². The largest absolute Gasteiger partial charge is 0.381 e. The molecule has 2 saturated heterocycles. The molecule has 7 nitrogen and oxygen atoms in total. The summed E-state index contributed by atoms with van der Waals surface area (Å²) in [5, 5.41) is 6.37. The molecule has 2 aliphatic heterocycles. The van der Waals surface area contributed by atoms with Gasteiger partial charge in [0.15, 0.2) is 0 Å². The standard InChI is InChI=1S/C20H33N5O2.2ClH/c1-15-3-2-8-22-19(15)23-9-10-24-20(26)16-4-5-17(21)14-25(13-16)18-6-11-27-12-7-18;;/h2-3,8,16-18H,4-7,9-14,21H2,1H3,(H,22,23)(H,24,26);2*1H/t16-,17+;;/m1../s1. The first kappa shape index (κ1) is 25.9. The van der Waals surface area contributed by atoms with Crippen LogP contribution in [0.2, 0.25) is 0 Å². The highest BCUT2D eigenvalue weighted by Gasteiger charge is 2.31. The van der Waals surface area contributed by atoms with Gasteiger partial charge in [0.05, 0.1) is 5.92 Å². The van der Waals surface area contributed by atoms with Gasteiger partial charge >= 0.3 is 0 Å². The number of ether oxygens (including phenoxy) is 1. The summed E-state index contributed by atoms with van der Waals surface area (Å²) >= 11 is 0. The molecule has 2 aliphatic rings. The van der Waals surface area contributed by atoms with E-state index in [1.54, 1.807) is 6.20 Å². The number of nitrogens with two attached hydrogens (primary N) is 1. The van der Waals surface area contributed by atoms with Crippen molar-refractivity contribution in [2.45, 2.75) is 44.7 Å². The van der Waals surface area contributed by atoms with Gasteiger partial charge in [-0.15, -0.1) is 24.8 Å². The molecule has 0 unspecified atom stereocenters. The zero-order chi connectivity index (χ0) is 19.1. The number of rotatable bonds is 6. The van der Waals surface area contributed by atoms with E-state index in [1.807, 2.05) is 19.1 Å². The van der Waals surface area contributed by atoms with E-state index < -0.39 is 0 Å². The van der Waals surface area contributed by atoms with Crippen LogP contribution in [0.1, 0.15) is 31.2 Å². The van der Waals surface area contributed by atoms with E-state index in [4.69, 9.17) is 10.5 Å². The predicted molar refractivity (Wildman–Crippen MR) is 121 cm³/mol. The van der Waals surface area contributed by atoms with Crippen LogP contribution in [0.4, 0.5) is 5.82 Å². The lowest BCUT2D eigenvalue weighted by atomic mass is 10.0. The second-order valence-corrected chi connectivity index (χ2v) is 7.72. The van der Waals surface area contributed by atoms with Gasteiger partial charge in [0.25, 0.3) is 0 Å². The Labute approximate surface area is 186 Å². The van der Waals surface area contributed by atoms with Gasteiger partial charge in [0, 0.05) is 57.7 Å². The average molecular weight is 448 g/mol. The average Bonchev–Trinajstić information content (AvgIpc) is 2.89. The number of carbonyl (C=O) groups excluding carboxylic acids is 1. The van der Waals surface area contributed by atoms with Crippen LogP contribution in [0.5, 0.6) is 0 Å². The molecule has 1 aromatic heterocycles. The fourth-order valence-corrected chi connectivity index (χ4v) is 4.00. The molecule has 9 heteroatoms. The fourth-order valence-electron chi connectivity index (χ4n) is 4.00. The van der Waals surface area contributed by atoms with Crippen molar-refractivity contribution in [3.8, 4) is 0 Å². The Morgan fingerprint density at radius 1 is 1.21 bits per heavy atom. The minimum absolute atomic E-state index is 0. The number of aromatic nitrogens is 1. The molecule has 0 radical (unpaired) electrons. The number of anilines is 1. The van der Waals surface area contributed by atoms with Crippen LogP contribution < -0.4 is 16.4 Å². The second-order valence-electron chi connectivity index (χ2n) is 7.72. The smallest absolute Gasteiger partial charge is 0.224 e. The number of nitrogens with zero attached hydrogens (tertiary/aromatic N) is 2. The summed E-state index contributed by atoms with van der Waals surface area (Å²) in [6, 6.07) is 4.59. The molecular formula is C20H35Cl2N5O2. The highest BCUT2D eigenvalue weighted by Crippen LogP contribution is 2.22. The van der Waals surface area contributed by atoms with Crippen LogP contribution in [0.15, 0.2) is 18.3 Å². The molecule has 0 spiro atoms. The molecule has 29 heavy (non-hydrogen) atoms. The molecule has 3 heterocycles. The molecule has 0 bridgehead atoms. The van der Waals surface area contributed by atoms with Crippen LogP contribution >= 0.6 is 24.8 Å². The number of nitrogens with one attached hydrogen (secondary N) is 2. The molecule has 1 aromatic rings. The van der Waals surface area contributed by atoms with E-state index in [0.29, 0.717) is 19.1 Å². The Bertz CT molecular complexity index is 616. The van der Waals surface area contributed by atoms with Crippen LogP contribution in [0.25, 0.3) is 0 Å². The Balaban J connectivity index is 0.00000210. The molecule has 0 aromatic carbocycles. The monoisotopic (exact) mass is 447 g/mol. The first-order chi connectivity index (χ1) is 13.1. The molecule has 2 atom stereocenters. The van der Waals surface area contributed by atoms with Gasteiger partial charge in [-0.2, -0.15) is 0 Å². The summed E-state index contributed by atoms with van der Waals surface area (Å²) in [6.45, 7) is 6.59. The number of hydrogen-bond donors (Lipinski definition) is 3. The van der Waals surface area contributed by atoms with Crippen molar-refractivity contribution in [3.05, 3.63) is 23.9 Å². The van der Waals surface area contributed by atoms with Gasteiger partial charge in [-0.1, -0.05) is 6.07 Å². The van der Waals surface area contributed by atoms with Gasteiger partial charge in [-0.25, -0.2) is 4.98 Å². The lowest BCUT2D eigenvalue weighted by Gasteiger charge is -2.35. The van der Waals surface area contributed by atoms with Crippen molar-refractivity contribution in [1.82, 2.24) is 15.2 Å². The zero-order valence-electron chi connectivity index (χ0n) is 17.1. The second kappa shape index (κ2) is 13.2. The van der Waals surface area contributed by atoms with Crippen molar-refractivity contribution >= 4 is 36.5 Å². The minimum atomic E-state index is 0. The normalized spacial score (nSPS) is 23.2. The third-order valence-corrected chi connectivity index (χ3v) is 5.61. The number of aryl methyl sites for hydroxylation is 1. The summed E-state index contributed by atoms with van der Waals surface area (Å²) in [7, 11) is 0. The van der Waals surface area contributed by atoms with Crippen molar-refractivity contribution in [3.63, 3.8) is 0 Å². The number of likely N-dealkylation sites (tertiary alicyclic amines) is 1. The van der Waals surface area contributed by atoms with Gasteiger partial charge in [0.2, 0.25) is 5.91 Å². The third kappa shape index (κ3) is 7.90. The van der Waals surface area contributed by atoms with Gasteiger partial charge in [-0.05, 0) is 44.2 Å². The van der Waals surface area contributed by atoms with Crippen LogP contribution in [-0.4, -0.2) is 67.3 Å². The number of amides is 1. The number of pyridine rings is 1. The fraction of sp³-hybridized carbons (Fsp3) is 0.700. The van der Waals surface area contributed by atoms with Crippen molar-refractivity contribution in [2.24, 2.45) is 11.7 Å². The maximum atomic E-state index is 12.7. The Morgan fingerprint density at radius 3 is 2.69 bits per heavy atom. The van der Waals surface area contributed by atoms with E-state index in [1.165, 1.54) is 0 Å². The quantitative estimate of drug-likeness (QED) is 0.577. The topological polar surface area (TPSA) is 92.5 Å². The summed E-state index contributed by atoms with van der Waals surface area (Å²) in [4.78, 5) is 19.5. The number of carbonyl (C=O) groups is 1. The summed E-state index contributed by atoms with van der Waals surface area (Å²) in [5.41, 5.74) is 7.38. The first-order valence-electron chi connectivity index (χ1n) is 10.1. The number of hydrogen-bond acceptors (Lipinski definition) is 6. The zero-order valence-corrected chi connectivity index (χ0v) is 18.8. The Kier molecular flexibility index (Phi) is 11.8. The highest BCUT2D eigenvalue weighted by molar-refractivity contribution is 5.85. The van der Waals surface area contributed by atoms with Crippen LogP contribution in [0.3, 0.4) is 0 Å². The maximum Gasteiger partial charge on any atom is 0.224 e. The maximum absolute atomic E-state index is 12.7. The SMILES string of the molecule is Cc1cccnc1NCCNC(=O)[C@@H]1CC[C@H](N)CN(C2CCOCC2)C1.Cl.Cl. The van der Waals surface area contributed by atoms with E-state index in [9.17, 15) is 4.79 Å².